The number of hydrogen-bond acceptors (Lipinski definition) is 3. The summed E-state index contributed by atoms with van der Waals surface area (Å²) in [6.45, 7) is 0.395. The van der Waals surface area contributed by atoms with Crippen LogP contribution in [0.1, 0.15) is 19.3 Å². The molecule has 4 nitrogen and oxygen atoms in total. The molecule has 0 saturated carbocycles. The highest BCUT2D eigenvalue weighted by atomic mass is 16.5. The summed E-state index contributed by atoms with van der Waals surface area (Å²) in [5.74, 6) is -0.900. The van der Waals surface area contributed by atoms with Gasteiger partial charge in [0.2, 0.25) is 0 Å². The zero-order chi connectivity index (χ0) is 8.27. The predicted molar refractivity (Wildman–Crippen MR) is 35.9 cm³/mol. The molecule has 0 aromatic heterocycles. The number of carboxylic acid groups (broad SMARTS) is 1. The van der Waals surface area contributed by atoms with Crippen molar-refractivity contribution in [2.75, 3.05) is 6.61 Å². The average molecular weight is 158 g/mol. The third kappa shape index (κ3) is 2.57. The third-order valence-electron chi connectivity index (χ3n) is 1.70. The summed E-state index contributed by atoms with van der Waals surface area (Å²) in [5, 5.41) is 8.31. The maximum Gasteiger partial charge on any atom is 0.306 e. The first-order valence-electron chi connectivity index (χ1n) is 3.56. The molecule has 4 heteroatoms. The van der Waals surface area contributed by atoms with Gasteiger partial charge in [0.05, 0.1) is 13.0 Å². The van der Waals surface area contributed by atoms with Crippen LogP contribution >= 0.6 is 0 Å². The van der Waals surface area contributed by atoms with Gasteiger partial charge in [-0.1, -0.05) is 0 Å². The summed E-state index contributed by atoms with van der Waals surface area (Å²) >= 11 is 0. The Hall–Kier alpha value is -1.06. The molecule has 0 aromatic rings. The van der Waals surface area contributed by atoms with Crippen LogP contribution in [0.25, 0.3) is 0 Å². The molecule has 0 unspecified atom stereocenters. The van der Waals surface area contributed by atoms with Crippen molar-refractivity contribution in [1.82, 2.24) is 0 Å². The summed E-state index contributed by atoms with van der Waals surface area (Å²) in [6.07, 6.45) is 1.05. The largest absolute Gasteiger partial charge is 0.481 e. The van der Waals surface area contributed by atoms with E-state index in [0.29, 0.717) is 19.4 Å². The van der Waals surface area contributed by atoms with E-state index in [4.69, 9.17) is 5.11 Å². The number of carbonyl (C=O) groups excluding carboxylic acids is 1. The Morgan fingerprint density at radius 2 is 2.45 bits per heavy atom. The lowest BCUT2D eigenvalue weighted by Crippen LogP contribution is -2.03. The standard InChI is InChI=1S/C7H10O4/c8-6(9)2-1-5-3-7(10)11-4-5/h5H,1-4H2,(H,8,9)/t5-/m0/s1. The van der Waals surface area contributed by atoms with Gasteiger partial charge in [0.1, 0.15) is 0 Å². The minimum Gasteiger partial charge on any atom is -0.481 e. The number of hydrogen-bond donors (Lipinski definition) is 1. The molecule has 0 aromatic carbocycles. The number of esters is 1. The highest BCUT2D eigenvalue weighted by Crippen LogP contribution is 2.18. The maximum atomic E-state index is 10.5. The van der Waals surface area contributed by atoms with Gasteiger partial charge < -0.3 is 9.84 Å². The number of ether oxygens (including phenoxy) is 1. The van der Waals surface area contributed by atoms with Gasteiger partial charge in [0, 0.05) is 12.3 Å². The smallest absolute Gasteiger partial charge is 0.306 e. The van der Waals surface area contributed by atoms with Crippen molar-refractivity contribution in [3.05, 3.63) is 0 Å². The SMILES string of the molecule is O=C(O)CC[C@@H]1COC(=O)C1. The van der Waals surface area contributed by atoms with E-state index in [1.54, 1.807) is 0 Å². The van der Waals surface area contributed by atoms with Gasteiger partial charge in [-0.15, -0.1) is 0 Å². The zero-order valence-electron chi connectivity index (χ0n) is 6.08. The average Bonchev–Trinajstić information content (AvgIpc) is 2.31. The van der Waals surface area contributed by atoms with E-state index in [9.17, 15) is 9.59 Å². The number of rotatable bonds is 3. The Balaban J connectivity index is 2.18. The molecule has 1 aliphatic heterocycles. The number of aliphatic carboxylic acids is 1. The molecule has 1 rings (SSSR count). The Morgan fingerprint density at radius 3 is 2.91 bits per heavy atom. The van der Waals surface area contributed by atoms with Gasteiger partial charge in [0.15, 0.2) is 0 Å². The summed E-state index contributed by atoms with van der Waals surface area (Å²) in [5.41, 5.74) is 0. The molecule has 1 heterocycles. The van der Waals surface area contributed by atoms with Gasteiger partial charge in [-0.25, -0.2) is 0 Å². The zero-order valence-corrected chi connectivity index (χ0v) is 6.08. The summed E-state index contributed by atoms with van der Waals surface area (Å²) in [7, 11) is 0. The molecule has 0 spiro atoms. The Kier molecular flexibility index (Phi) is 2.46. The van der Waals surface area contributed by atoms with Crippen molar-refractivity contribution in [1.29, 1.82) is 0 Å². The molecule has 0 bridgehead atoms. The number of carbonyl (C=O) groups is 2. The van der Waals surface area contributed by atoms with Crippen molar-refractivity contribution in [3.63, 3.8) is 0 Å². The molecule has 0 amide bonds. The van der Waals surface area contributed by atoms with Crippen molar-refractivity contribution < 1.29 is 19.4 Å². The van der Waals surface area contributed by atoms with Crippen LogP contribution in [0.5, 0.6) is 0 Å². The van der Waals surface area contributed by atoms with Crippen LogP contribution in [-0.4, -0.2) is 23.7 Å². The molecule has 1 aliphatic rings. The van der Waals surface area contributed by atoms with Crippen LogP contribution in [0.4, 0.5) is 0 Å². The molecular formula is C7H10O4. The Bertz CT molecular complexity index is 175. The molecule has 1 atom stereocenters. The lowest BCUT2D eigenvalue weighted by Gasteiger charge is -2.00. The summed E-state index contributed by atoms with van der Waals surface area (Å²) in [6, 6.07) is 0. The Morgan fingerprint density at radius 1 is 1.73 bits per heavy atom. The molecule has 1 N–H and O–H groups in total. The highest BCUT2D eigenvalue weighted by molar-refractivity contribution is 5.72. The lowest BCUT2D eigenvalue weighted by molar-refractivity contribution is -0.138. The van der Waals surface area contributed by atoms with Gasteiger partial charge in [-0.05, 0) is 6.42 Å². The Labute approximate surface area is 64.2 Å². The van der Waals surface area contributed by atoms with E-state index >= 15 is 0 Å². The molecule has 1 saturated heterocycles. The second kappa shape index (κ2) is 3.37. The molecule has 11 heavy (non-hydrogen) atoms. The van der Waals surface area contributed by atoms with Crippen LogP contribution in [-0.2, 0) is 14.3 Å². The van der Waals surface area contributed by atoms with Crippen molar-refractivity contribution >= 4 is 11.9 Å². The maximum absolute atomic E-state index is 10.5. The quantitative estimate of drug-likeness (QED) is 0.604. The van der Waals surface area contributed by atoms with Gasteiger partial charge in [-0.3, -0.25) is 9.59 Å². The fourth-order valence-corrected chi connectivity index (χ4v) is 1.08. The molecular weight excluding hydrogens is 148 g/mol. The van der Waals surface area contributed by atoms with Gasteiger partial charge in [-0.2, -0.15) is 0 Å². The van der Waals surface area contributed by atoms with E-state index < -0.39 is 5.97 Å². The van der Waals surface area contributed by atoms with Gasteiger partial charge >= 0.3 is 11.9 Å². The molecule has 0 aliphatic carbocycles. The first-order valence-corrected chi connectivity index (χ1v) is 3.56. The minimum atomic E-state index is -0.815. The van der Waals surface area contributed by atoms with E-state index in [1.165, 1.54) is 0 Å². The molecule has 1 fully saturated rings. The van der Waals surface area contributed by atoms with E-state index in [1.807, 2.05) is 0 Å². The van der Waals surface area contributed by atoms with Crippen LogP contribution in [0.3, 0.4) is 0 Å². The third-order valence-corrected chi connectivity index (χ3v) is 1.70. The summed E-state index contributed by atoms with van der Waals surface area (Å²) in [4.78, 5) is 20.6. The summed E-state index contributed by atoms with van der Waals surface area (Å²) < 4.78 is 4.67. The first-order chi connectivity index (χ1) is 5.18. The van der Waals surface area contributed by atoms with E-state index in [2.05, 4.69) is 4.74 Å². The van der Waals surface area contributed by atoms with Crippen molar-refractivity contribution in [3.8, 4) is 0 Å². The monoisotopic (exact) mass is 158 g/mol. The van der Waals surface area contributed by atoms with Crippen LogP contribution < -0.4 is 0 Å². The fourth-order valence-electron chi connectivity index (χ4n) is 1.08. The predicted octanol–water partition coefficient (Wildman–Crippen LogP) is 0.414. The number of carboxylic acids is 1. The number of cyclic esters (lactones) is 1. The minimum absolute atomic E-state index is 0.124. The fraction of sp³-hybridized carbons (Fsp3) is 0.714. The van der Waals surface area contributed by atoms with Crippen LogP contribution in [0.15, 0.2) is 0 Å². The second-order valence-corrected chi connectivity index (χ2v) is 2.69. The second-order valence-electron chi connectivity index (χ2n) is 2.69. The molecule has 0 radical (unpaired) electrons. The van der Waals surface area contributed by atoms with E-state index in [-0.39, 0.29) is 18.3 Å². The highest BCUT2D eigenvalue weighted by Gasteiger charge is 2.23. The van der Waals surface area contributed by atoms with Gasteiger partial charge in [0.25, 0.3) is 0 Å². The topological polar surface area (TPSA) is 63.6 Å². The van der Waals surface area contributed by atoms with Crippen LogP contribution in [0, 0.1) is 5.92 Å². The van der Waals surface area contributed by atoms with E-state index in [0.717, 1.165) is 0 Å². The molecule has 62 valence electrons. The van der Waals surface area contributed by atoms with Crippen LogP contribution in [0.2, 0.25) is 0 Å². The lowest BCUT2D eigenvalue weighted by atomic mass is 10.0. The normalized spacial score (nSPS) is 23.3. The first kappa shape index (κ1) is 8.04. The van der Waals surface area contributed by atoms with Crippen molar-refractivity contribution in [2.24, 2.45) is 5.92 Å². The van der Waals surface area contributed by atoms with Crippen molar-refractivity contribution in [2.45, 2.75) is 19.3 Å².